The van der Waals surface area contributed by atoms with Crippen molar-refractivity contribution in [3.05, 3.63) is 0 Å². The van der Waals surface area contributed by atoms with Crippen LogP contribution in [0.5, 0.6) is 0 Å². The summed E-state index contributed by atoms with van der Waals surface area (Å²) in [4.78, 5) is 10.7. The third kappa shape index (κ3) is 4.90. The lowest BCUT2D eigenvalue weighted by Crippen LogP contribution is -2.30. The molecule has 5 heteroatoms. The molecule has 0 aromatic rings. The molecule has 1 saturated heterocycles. The molecule has 0 aromatic carbocycles. The van der Waals surface area contributed by atoms with Gasteiger partial charge in [-0.15, -0.1) is 0 Å². The molecule has 0 bridgehead atoms. The van der Waals surface area contributed by atoms with Gasteiger partial charge < -0.3 is 11.1 Å². The van der Waals surface area contributed by atoms with Crippen molar-refractivity contribution in [3.8, 4) is 0 Å². The summed E-state index contributed by atoms with van der Waals surface area (Å²) in [5.41, 5.74) is 5.13. The van der Waals surface area contributed by atoms with Crippen molar-refractivity contribution >= 4 is 27.5 Å². The van der Waals surface area contributed by atoms with Crippen molar-refractivity contribution in [2.75, 3.05) is 13.1 Å². The number of hydrogen-bond acceptors (Lipinski definition) is 4. The van der Waals surface area contributed by atoms with Gasteiger partial charge in [-0.1, -0.05) is 21.6 Å². The average molecular weight is 206 g/mol. The highest BCUT2D eigenvalue weighted by Crippen LogP contribution is 2.55. The topological polar surface area (TPSA) is 55.1 Å². The summed E-state index contributed by atoms with van der Waals surface area (Å²) >= 11 is 0. The highest BCUT2D eigenvalue weighted by atomic mass is 33.2. The third-order valence-corrected chi connectivity index (χ3v) is 3.94. The van der Waals surface area contributed by atoms with Crippen LogP contribution < -0.4 is 11.1 Å². The van der Waals surface area contributed by atoms with Crippen LogP contribution in [0.2, 0.25) is 0 Å². The standard InChI is InChI=1S/C7H14N2OS2/c8-5-6(10)9-4-2-1-3-7-11-12-7/h7H,1-5,8H2,(H,9,10). The average Bonchev–Trinajstić information content (AvgIpc) is 2.87. The van der Waals surface area contributed by atoms with Crippen LogP contribution in [0.3, 0.4) is 0 Å². The summed E-state index contributed by atoms with van der Waals surface area (Å²) in [6.45, 7) is 0.881. The molecule has 1 heterocycles. The predicted molar refractivity (Wildman–Crippen MR) is 54.9 cm³/mol. The van der Waals surface area contributed by atoms with E-state index in [0.717, 1.165) is 17.5 Å². The Balaban J connectivity index is 1.78. The Morgan fingerprint density at radius 3 is 2.75 bits per heavy atom. The first-order valence-corrected chi connectivity index (χ1v) is 6.39. The van der Waals surface area contributed by atoms with Crippen LogP contribution in [-0.4, -0.2) is 23.6 Å². The fourth-order valence-electron chi connectivity index (χ4n) is 0.871. The van der Waals surface area contributed by atoms with Crippen molar-refractivity contribution in [2.45, 2.75) is 23.8 Å². The summed E-state index contributed by atoms with van der Waals surface area (Å²) in [7, 11) is 3.89. The van der Waals surface area contributed by atoms with E-state index in [2.05, 4.69) is 5.32 Å². The molecule has 0 aliphatic carbocycles. The van der Waals surface area contributed by atoms with Gasteiger partial charge in [-0.3, -0.25) is 4.79 Å². The van der Waals surface area contributed by atoms with E-state index in [9.17, 15) is 4.79 Å². The van der Waals surface area contributed by atoms with E-state index in [4.69, 9.17) is 5.73 Å². The molecule has 0 atom stereocenters. The molecular formula is C7H14N2OS2. The number of nitrogens with two attached hydrogens (primary N) is 1. The van der Waals surface area contributed by atoms with Crippen molar-refractivity contribution in [2.24, 2.45) is 5.73 Å². The second kappa shape index (κ2) is 5.72. The molecule has 1 aliphatic rings. The largest absolute Gasteiger partial charge is 0.355 e. The first-order valence-electron chi connectivity index (χ1n) is 4.12. The lowest BCUT2D eigenvalue weighted by molar-refractivity contribution is -0.119. The van der Waals surface area contributed by atoms with Gasteiger partial charge in [0.05, 0.1) is 11.1 Å². The molecule has 70 valence electrons. The summed E-state index contributed by atoms with van der Waals surface area (Å²) in [6.07, 6.45) is 3.55. The quantitative estimate of drug-likeness (QED) is 0.386. The number of nitrogens with one attached hydrogen (secondary N) is 1. The molecule has 0 aromatic heterocycles. The number of hydrogen-bond donors (Lipinski definition) is 2. The molecular weight excluding hydrogens is 192 g/mol. The van der Waals surface area contributed by atoms with Crippen molar-refractivity contribution in [1.82, 2.24) is 5.32 Å². The maximum atomic E-state index is 10.7. The van der Waals surface area contributed by atoms with Crippen LogP contribution in [0.25, 0.3) is 0 Å². The van der Waals surface area contributed by atoms with Gasteiger partial charge in [0.25, 0.3) is 0 Å². The van der Waals surface area contributed by atoms with Crippen molar-refractivity contribution < 1.29 is 4.79 Å². The van der Waals surface area contributed by atoms with Crippen LogP contribution in [0.15, 0.2) is 0 Å². The zero-order valence-corrected chi connectivity index (χ0v) is 8.55. The molecule has 3 nitrogen and oxygen atoms in total. The Hall–Kier alpha value is 0.130. The van der Waals surface area contributed by atoms with Gasteiger partial charge in [0.2, 0.25) is 5.91 Å². The molecule has 1 rings (SSSR count). The van der Waals surface area contributed by atoms with Crippen LogP contribution in [0, 0.1) is 0 Å². The zero-order chi connectivity index (χ0) is 8.81. The zero-order valence-electron chi connectivity index (χ0n) is 6.91. The molecule has 1 amide bonds. The molecule has 0 saturated carbocycles. The van der Waals surface area contributed by atoms with Crippen LogP contribution in [0.4, 0.5) is 0 Å². The molecule has 1 aliphatic heterocycles. The number of unbranched alkanes of at least 4 members (excludes halogenated alkanes) is 1. The minimum Gasteiger partial charge on any atom is -0.355 e. The van der Waals surface area contributed by atoms with Gasteiger partial charge in [-0.05, 0) is 19.3 Å². The first-order chi connectivity index (χ1) is 5.83. The van der Waals surface area contributed by atoms with E-state index in [1.807, 2.05) is 21.6 Å². The number of carbonyl (C=O) groups is 1. The smallest absolute Gasteiger partial charge is 0.233 e. The Morgan fingerprint density at radius 2 is 2.17 bits per heavy atom. The fourth-order valence-corrected chi connectivity index (χ4v) is 2.29. The van der Waals surface area contributed by atoms with Gasteiger partial charge >= 0.3 is 0 Å². The Labute approximate surface area is 80.6 Å². The van der Waals surface area contributed by atoms with Crippen LogP contribution in [0.1, 0.15) is 19.3 Å². The fraction of sp³-hybridized carbons (Fsp3) is 0.857. The van der Waals surface area contributed by atoms with E-state index in [1.54, 1.807) is 0 Å². The van der Waals surface area contributed by atoms with E-state index in [-0.39, 0.29) is 12.5 Å². The summed E-state index contributed by atoms with van der Waals surface area (Å²) in [5, 5.41) is 2.75. The van der Waals surface area contributed by atoms with Crippen LogP contribution >= 0.6 is 21.6 Å². The number of carbonyl (C=O) groups excluding carboxylic acids is 1. The molecule has 0 unspecified atom stereocenters. The lowest BCUT2D eigenvalue weighted by Gasteiger charge is -2.01. The summed E-state index contributed by atoms with van der Waals surface area (Å²) in [6, 6.07) is 0. The van der Waals surface area contributed by atoms with Crippen molar-refractivity contribution in [3.63, 3.8) is 0 Å². The second-order valence-electron chi connectivity index (χ2n) is 2.67. The van der Waals surface area contributed by atoms with Crippen molar-refractivity contribution in [1.29, 1.82) is 0 Å². The monoisotopic (exact) mass is 206 g/mol. The molecule has 0 spiro atoms. The van der Waals surface area contributed by atoms with E-state index in [0.29, 0.717) is 0 Å². The third-order valence-electron chi connectivity index (χ3n) is 1.61. The second-order valence-corrected chi connectivity index (χ2v) is 5.65. The van der Waals surface area contributed by atoms with Gasteiger partial charge in [0.1, 0.15) is 0 Å². The van der Waals surface area contributed by atoms with Gasteiger partial charge in [-0.25, -0.2) is 0 Å². The van der Waals surface area contributed by atoms with Gasteiger partial charge in [-0.2, -0.15) is 0 Å². The van der Waals surface area contributed by atoms with E-state index in [1.165, 1.54) is 12.8 Å². The summed E-state index contributed by atoms with van der Waals surface area (Å²) in [5.74, 6) is -0.0508. The number of rotatable bonds is 6. The Kier molecular flexibility index (Phi) is 4.87. The maximum absolute atomic E-state index is 10.7. The Bertz CT molecular complexity index is 150. The molecule has 0 radical (unpaired) electrons. The van der Waals surface area contributed by atoms with E-state index >= 15 is 0 Å². The lowest BCUT2D eigenvalue weighted by atomic mass is 10.2. The Morgan fingerprint density at radius 1 is 1.42 bits per heavy atom. The highest BCUT2D eigenvalue weighted by molar-refractivity contribution is 8.92. The minimum atomic E-state index is -0.0508. The SMILES string of the molecule is NCC(=O)NCCCCC1SS1. The first kappa shape index (κ1) is 10.2. The van der Waals surface area contributed by atoms with E-state index < -0.39 is 0 Å². The number of amides is 1. The molecule has 12 heavy (non-hydrogen) atoms. The maximum Gasteiger partial charge on any atom is 0.233 e. The molecule has 3 N–H and O–H groups in total. The normalized spacial score (nSPS) is 16.1. The highest BCUT2D eigenvalue weighted by Gasteiger charge is 2.22. The van der Waals surface area contributed by atoms with Gasteiger partial charge in [0, 0.05) is 6.54 Å². The van der Waals surface area contributed by atoms with Crippen LogP contribution in [-0.2, 0) is 4.79 Å². The van der Waals surface area contributed by atoms with Gasteiger partial charge in [0.15, 0.2) is 0 Å². The predicted octanol–water partition coefficient (Wildman–Crippen LogP) is 0.953. The summed E-state index contributed by atoms with van der Waals surface area (Å²) < 4.78 is 0.843. The minimum absolute atomic E-state index is 0.0508. The molecule has 1 fully saturated rings.